The zero-order chi connectivity index (χ0) is 16.6. The second-order valence-corrected chi connectivity index (χ2v) is 7.30. The van der Waals surface area contributed by atoms with E-state index in [1.165, 1.54) is 10.4 Å². The Labute approximate surface area is 146 Å². The van der Waals surface area contributed by atoms with Gasteiger partial charge >= 0.3 is 0 Å². The molecule has 0 atom stereocenters. The Kier molecular flexibility index (Phi) is 4.06. The summed E-state index contributed by atoms with van der Waals surface area (Å²) in [5.41, 5.74) is 1.98. The molecule has 3 heterocycles. The van der Waals surface area contributed by atoms with Crippen LogP contribution in [0.1, 0.15) is 33.6 Å². The summed E-state index contributed by atoms with van der Waals surface area (Å²) in [5, 5.41) is 2.16. The van der Waals surface area contributed by atoms with Gasteiger partial charge in [-0.3, -0.25) is 4.79 Å². The third-order valence-electron chi connectivity index (χ3n) is 5.11. The first-order valence-corrected chi connectivity index (χ1v) is 9.24. The molecule has 2 aliphatic rings. The van der Waals surface area contributed by atoms with Crippen molar-refractivity contribution in [1.82, 2.24) is 4.90 Å². The lowest BCUT2D eigenvalue weighted by atomic mass is 9.85. The number of hydrogen-bond donors (Lipinski definition) is 0. The maximum Gasteiger partial charge on any atom is 0.253 e. The number of piperidine rings is 1. The molecule has 4 rings (SSSR count). The SMILES string of the molecule is COc1ccc(C(=O)N2CCC3(CC2)OCCc2ccsc23)cc1. The first kappa shape index (κ1) is 15.7. The monoisotopic (exact) mass is 343 g/mol. The van der Waals surface area contributed by atoms with E-state index in [4.69, 9.17) is 9.47 Å². The highest BCUT2D eigenvalue weighted by atomic mass is 32.1. The van der Waals surface area contributed by atoms with Gasteiger partial charge in [0, 0.05) is 23.5 Å². The van der Waals surface area contributed by atoms with E-state index in [-0.39, 0.29) is 11.5 Å². The Bertz CT molecular complexity index is 729. The summed E-state index contributed by atoms with van der Waals surface area (Å²) in [7, 11) is 1.63. The van der Waals surface area contributed by atoms with Crippen molar-refractivity contribution in [1.29, 1.82) is 0 Å². The van der Waals surface area contributed by atoms with Crippen LogP contribution in [0.2, 0.25) is 0 Å². The van der Waals surface area contributed by atoms with Gasteiger partial charge in [0.1, 0.15) is 11.4 Å². The average molecular weight is 343 g/mol. The number of hydrogen-bond acceptors (Lipinski definition) is 4. The Morgan fingerprint density at radius 3 is 2.67 bits per heavy atom. The summed E-state index contributed by atoms with van der Waals surface area (Å²) in [6.07, 6.45) is 2.76. The van der Waals surface area contributed by atoms with Crippen LogP contribution in [0.5, 0.6) is 5.75 Å². The van der Waals surface area contributed by atoms with Crippen LogP contribution in [-0.2, 0) is 16.8 Å². The van der Waals surface area contributed by atoms with E-state index >= 15 is 0 Å². The predicted molar refractivity (Wildman–Crippen MR) is 93.8 cm³/mol. The lowest BCUT2D eigenvalue weighted by Gasteiger charge is -2.43. The van der Waals surface area contributed by atoms with Crippen LogP contribution in [0.4, 0.5) is 0 Å². The highest BCUT2D eigenvalue weighted by Crippen LogP contribution is 2.44. The fraction of sp³-hybridized carbons (Fsp3) is 0.421. The number of likely N-dealkylation sites (tertiary alicyclic amines) is 1. The van der Waals surface area contributed by atoms with Crippen molar-refractivity contribution in [2.45, 2.75) is 24.9 Å². The molecular formula is C19H21NO3S. The van der Waals surface area contributed by atoms with Crippen molar-refractivity contribution < 1.29 is 14.3 Å². The third kappa shape index (κ3) is 2.62. The molecule has 1 saturated heterocycles. The molecule has 126 valence electrons. The molecule has 0 saturated carbocycles. The lowest BCUT2D eigenvalue weighted by Crippen LogP contribution is -2.47. The molecule has 1 fully saturated rings. The Hall–Kier alpha value is -1.85. The van der Waals surface area contributed by atoms with E-state index in [0.29, 0.717) is 5.56 Å². The number of fused-ring (bicyclic) bond motifs is 2. The van der Waals surface area contributed by atoms with Crippen LogP contribution >= 0.6 is 11.3 Å². The van der Waals surface area contributed by atoms with Crippen LogP contribution in [0.15, 0.2) is 35.7 Å². The van der Waals surface area contributed by atoms with Gasteiger partial charge in [0.2, 0.25) is 0 Å². The minimum absolute atomic E-state index is 0.0923. The van der Waals surface area contributed by atoms with Crippen LogP contribution in [0, 0.1) is 0 Å². The maximum atomic E-state index is 12.7. The molecule has 1 aromatic heterocycles. The molecule has 0 unspecified atom stereocenters. The zero-order valence-corrected chi connectivity index (χ0v) is 14.6. The first-order valence-electron chi connectivity index (χ1n) is 8.36. The van der Waals surface area contributed by atoms with Crippen molar-refractivity contribution in [3.63, 3.8) is 0 Å². The molecule has 1 aromatic carbocycles. The summed E-state index contributed by atoms with van der Waals surface area (Å²) in [6, 6.07) is 9.56. The van der Waals surface area contributed by atoms with Gasteiger partial charge in [0.15, 0.2) is 0 Å². The number of rotatable bonds is 2. The number of nitrogens with zero attached hydrogens (tertiary/aromatic N) is 1. The van der Waals surface area contributed by atoms with E-state index in [0.717, 1.165) is 44.7 Å². The van der Waals surface area contributed by atoms with Crippen LogP contribution in [-0.4, -0.2) is 37.6 Å². The van der Waals surface area contributed by atoms with Crippen molar-refractivity contribution in [2.24, 2.45) is 0 Å². The van der Waals surface area contributed by atoms with E-state index in [1.807, 2.05) is 29.2 Å². The normalized spacial score (nSPS) is 19.1. The fourth-order valence-corrected chi connectivity index (χ4v) is 4.88. The molecule has 0 aliphatic carbocycles. The molecular weight excluding hydrogens is 322 g/mol. The van der Waals surface area contributed by atoms with Crippen molar-refractivity contribution in [2.75, 3.05) is 26.8 Å². The number of ether oxygens (including phenoxy) is 2. The summed E-state index contributed by atoms with van der Waals surface area (Å²) < 4.78 is 11.4. The van der Waals surface area contributed by atoms with Crippen molar-refractivity contribution in [3.8, 4) is 5.75 Å². The number of carbonyl (C=O) groups excluding carboxylic acids is 1. The van der Waals surface area contributed by atoms with E-state index in [1.54, 1.807) is 18.4 Å². The van der Waals surface area contributed by atoms with Gasteiger partial charge in [-0.25, -0.2) is 0 Å². The molecule has 0 radical (unpaired) electrons. The second kappa shape index (κ2) is 6.22. The number of benzene rings is 1. The van der Waals surface area contributed by atoms with Crippen molar-refractivity contribution >= 4 is 17.2 Å². The van der Waals surface area contributed by atoms with Gasteiger partial charge in [-0.2, -0.15) is 0 Å². The van der Waals surface area contributed by atoms with Gasteiger partial charge in [-0.15, -0.1) is 11.3 Å². The summed E-state index contributed by atoms with van der Waals surface area (Å²) in [6.45, 7) is 2.26. The number of methoxy groups -OCH3 is 1. The second-order valence-electron chi connectivity index (χ2n) is 6.39. The Balaban J connectivity index is 1.47. The Morgan fingerprint density at radius 1 is 1.21 bits per heavy atom. The van der Waals surface area contributed by atoms with Gasteiger partial charge in [0.05, 0.1) is 13.7 Å². The largest absolute Gasteiger partial charge is 0.497 e. The van der Waals surface area contributed by atoms with Gasteiger partial charge in [-0.1, -0.05) is 0 Å². The highest BCUT2D eigenvalue weighted by Gasteiger charge is 2.42. The van der Waals surface area contributed by atoms with Crippen molar-refractivity contribution in [3.05, 3.63) is 51.7 Å². The fourth-order valence-electron chi connectivity index (χ4n) is 3.71. The number of carbonyl (C=O) groups is 1. The summed E-state index contributed by atoms with van der Waals surface area (Å²) in [4.78, 5) is 16.0. The minimum Gasteiger partial charge on any atom is -0.497 e. The topological polar surface area (TPSA) is 38.8 Å². The lowest BCUT2D eigenvalue weighted by molar-refractivity contribution is -0.0906. The molecule has 2 aliphatic heterocycles. The van der Waals surface area contributed by atoms with Crippen LogP contribution in [0.25, 0.3) is 0 Å². The number of amides is 1. The van der Waals surface area contributed by atoms with E-state index in [2.05, 4.69) is 11.4 Å². The highest BCUT2D eigenvalue weighted by molar-refractivity contribution is 7.10. The quantitative estimate of drug-likeness (QED) is 0.838. The maximum absolute atomic E-state index is 12.7. The smallest absolute Gasteiger partial charge is 0.253 e. The molecule has 0 bridgehead atoms. The standard InChI is InChI=1S/C19H21NO3S/c1-22-16-4-2-15(3-5-16)18(21)20-10-8-19(9-11-20)17-14(6-12-23-19)7-13-24-17/h2-5,7,13H,6,8-12H2,1H3. The Morgan fingerprint density at radius 2 is 1.96 bits per heavy atom. The van der Waals surface area contributed by atoms with Gasteiger partial charge in [0.25, 0.3) is 5.91 Å². The van der Waals surface area contributed by atoms with Gasteiger partial charge in [-0.05, 0) is 60.5 Å². The molecule has 0 N–H and O–H groups in total. The van der Waals surface area contributed by atoms with E-state index in [9.17, 15) is 4.79 Å². The molecule has 1 spiro atoms. The van der Waals surface area contributed by atoms with E-state index < -0.39 is 0 Å². The number of thiophene rings is 1. The summed E-state index contributed by atoms with van der Waals surface area (Å²) in [5.74, 6) is 0.861. The zero-order valence-electron chi connectivity index (χ0n) is 13.8. The first-order chi connectivity index (χ1) is 11.7. The molecule has 24 heavy (non-hydrogen) atoms. The van der Waals surface area contributed by atoms with Gasteiger partial charge < -0.3 is 14.4 Å². The van der Waals surface area contributed by atoms with Crippen LogP contribution < -0.4 is 4.74 Å². The average Bonchev–Trinajstić information content (AvgIpc) is 3.12. The minimum atomic E-state index is -0.168. The third-order valence-corrected chi connectivity index (χ3v) is 6.25. The molecule has 2 aromatic rings. The predicted octanol–water partition coefficient (Wildman–Crippen LogP) is 3.46. The molecule has 4 nitrogen and oxygen atoms in total. The van der Waals surface area contributed by atoms with Crippen LogP contribution in [0.3, 0.4) is 0 Å². The molecule has 5 heteroatoms. The summed E-state index contributed by atoms with van der Waals surface area (Å²) >= 11 is 1.80. The molecule has 1 amide bonds.